The Kier molecular flexibility index (Phi) is 26.0. The van der Waals surface area contributed by atoms with Crippen molar-refractivity contribution in [3.05, 3.63) is 0 Å². The molecule has 0 atom stereocenters. The molecule has 0 aliphatic heterocycles. The molecule has 0 aromatic rings. The van der Waals surface area contributed by atoms with Crippen LogP contribution in [0.3, 0.4) is 0 Å². The molecule has 0 aliphatic rings. The van der Waals surface area contributed by atoms with Gasteiger partial charge >= 0.3 is 0 Å². The van der Waals surface area contributed by atoms with Crippen molar-refractivity contribution in [1.29, 1.82) is 0 Å². The van der Waals surface area contributed by atoms with Gasteiger partial charge in [0.2, 0.25) is 0 Å². The van der Waals surface area contributed by atoms with E-state index in [2.05, 4.69) is 20.8 Å². The number of hydrogen-bond acceptors (Lipinski definition) is 1. The molecule has 0 saturated carbocycles. The Hall–Kier alpha value is -0.0800. The predicted octanol–water partition coefficient (Wildman–Crippen LogP) is 8.75. The molecule has 0 heterocycles. The molecule has 2 heteroatoms. The normalized spacial score (nSPS) is 11.6. The third kappa shape index (κ3) is 19.6. The molecule has 0 unspecified atom stereocenters. The molecule has 0 saturated heterocycles. The van der Waals surface area contributed by atoms with Gasteiger partial charge in [-0.05, 0) is 31.2 Å². The summed E-state index contributed by atoms with van der Waals surface area (Å²) in [5.74, 6) is 0. The second-order valence-corrected chi connectivity index (χ2v) is 9.61. The lowest BCUT2D eigenvalue weighted by atomic mass is 9.74. The van der Waals surface area contributed by atoms with E-state index in [0.717, 1.165) is 6.54 Å². The van der Waals surface area contributed by atoms with E-state index in [-0.39, 0.29) is 5.48 Å². The Morgan fingerprint density at radius 3 is 0.897 bits per heavy atom. The average molecular weight is 414 g/mol. The quantitative estimate of drug-likeness (QED) is 0.167. The smallest absolute Gasteiger partial charge is 0.00205 e. The van der Waals surface area contributed by atoms with Gasteiger partial charge in [-0.15, -0.1) is 0 Å². The van der Waals surface area contributed by atoms with E-state index in [4.69, 9.17) is 5.73 Å². The van der Waals surface area contributed by atoms with Crippen molar-refractivity contribution >= 4 is 0 Å². The molecule has 0 rings (SSSR count). The molecular weight excluding hydrogens is 354 g/mol. The van der Waals surface area contributed by atoms with Gasteiger partial charge in [0.1, 0.15) is 0 Å². The van der Waals surface area contributed by atoms with Crippen molar-refractivity contribution in [1.82, 2.24) is 0 Å². The lowest BCUT2D eigenvalue weighted by Gasteiger charge is -2.33. The van der Waals surface area contributed by atoms with Crippen LogP contribution in [0.4, 0.5) is 0 Å². The second kappa shape index (κ2) is 24.2. The molecule has 0 aliphatic carbocycles. The molecule has 2 nitrogen and oxygen atoms in total. The zero-order chi connectivity index (χ0) is 20.8. The van der Waals surface area contributed by atoms with Crippen LogP contribution in [-0.4, -0.2) is 12.0 Å². The molecule has 0 fully saturated rings. The van der Waals surface area contributed by atoms with Crippen molar-refractivity contribution in [2.24, 2.45) is 11.1 Å². The first-order valence-corrected chi connectivity index (χ1v) is 13.4. The van der Waals surface area contributed by atoms with E-state index in [9.17, 15) is 0 Å². The average Bonchev–Trinajstić information content (AvgIpc) is 2.72. The largest absolute Gasteiger partial charge is 0.412 e. The molecule has 29 heavy (non-hydrogen) atoms. The molecule has 0 aromatic heterocycles. The second-order valence-electron chi connectivity index (χ2n) is 9.61. The van der Waals surface area contributed by atoms with Crippen molar-refractivity contribution in [2.45, 2.75) is 162 Å². The predicted molar refractivity (Wildman–Crippen MR) is 134 cm³/mol. The van der Waals surface area contributed by atoms with Crippen LogP contribution < -0.4 is 5.73 Å². The van der Waals surface area contributed by atoms with Crippen molar-refractivity contribution < 1.29 is 5.48 Å². The van der Waals surface area contributed by atoms with Crippen LogP contribution in [0.1, 0.15) is 162 Å². The van der Waals surface area contributed by atoms with Gasteiger partial charge in [0.25, 0.3) is 0 Å². The van der Waals surface area contributed by atoms with Gasteiger partial charge in [0.15, 0.2) is 0 Å². The standard InChI is InChI=1S/C27H57N.H2O/c1-4-7-10-13-16-19-22-25-27(26-28,23-20-17-14-11-8-5-2)24-21-18-15-12-9-6-3;/h4-26,28H2,1-3H3;1H2. The van der Waals surface area contributed by atoms with Crippen LogP contribution in [0.2, 0.25) is 0 Å². The maximum Gasteiger partial charge on any atom is -0.00205 e. The van der Waals surface area contributed by atoms with Crippen LogP contribution in [0.25, 0.3) is 0 Å². The van der Waals surface area contributed by atoms with E-state index in [1.54, 1.807) is 0 Å². The minimum absolute atomic E-state index is 0. The number of nitrogens with two attached hydrogens (primary N) is 1. The Morgan fingerprint density at radius 2 is 0.655 bits per heavy atom. The topological polar surface area (TPSA) is 57.5 Å². The van der Waals surface area contributed by atoms with E-state index in [1.807, 2.05) is 0 Å². The van der Waals surface area contributed by atoms with E-state index in [1.165, 1.54) is 141 Å². The first-order chi connectivity index (χ1) is 13.7. The van der Waals surface area contributed by atoms with Crippen LogP contribution in [0.5, 0.6) is 0 Å². The lowest BCUT2D eigenvalue weighted by molar-refractivity contribution is 0.204. The van der Waals surface area contributed by atoms with Gasteiger partial charge in [-0.2, -0.15) is 0 Å². The minimum Gasteiger partial charge on any atom is -0.412 e. The summed E-state index contributed by atoms with van der Waals surface area (Å²) in [4.78, 5) is 0. The summed E-state index contributed by atoms with van der Waals surface area (Å²) < 4.78 is 0. The van der Waals surface area contributed by atoms with Gasteiger partial charge in [0, 0.05) is 0 Å². The fraction of sp³-hybridized carbons (Fsp3) is 1.00. The highest BCUT2D eigenvalue weighted by Gasteiger charge is 2.26. The van der Waals surface area contributed by atoms with Gasteiger partial charge in [0.05, 0.1) is 0 Å². The van der Waals surface area contributed by atoms with E-state index < -0.39 is 0 Å². The van der Waals surface area contributed by atoms with Gasteiger partial charge in [-0.3, -0.25) is 0 Å². The molecule has 4 N–H and O–H groups in total. The fourth-order valence-electron chi connectivity index (χ4n) is 4.70. The Morgan fingerprint density at radius 1 is 0.414 bits per heavy atom. The first kappa shape index (κ1) is 31.1. The highest BCUT2D eigenvalue weighted by molar-refractivity contribution is 4.81. The van der Waals surface area contributed by atoms with Crippen LogP contribution in [0, 0.1) is 5.41 Å². The molecule has 0 spiro atoms. The Bertz CT molecular complexity index is 276. The van der Waals surface area contributed by atoms with Gasteiger partial charge in [-0.25, -0.2) is 0 Å². The monoisotopic (exact) mass is 413 g/mol. The van der Waals surface area contributed by atoms with E-state index in [0.29, 0.717) is 5.41 Å². The van der Waals surface area contributed by atoms with Crippen molar-refractivity contribution in [2.75, 3.05) is 6.54 Å². The lowest BCUT2D eigenvalue weighted by Crippen LogP contribution is -2.31. The summed E-state index contributed by atoms with van der Waals surface area (Å²) >= 11 is 0. The maximum atomic E-state index is 6.41. The van der Waals surface area contributed by atoms with Crippen LogP contribution >= 0.6 is 0 Å². The fourth-order valence-corrected chi connectivity index (χ4v) is 4.70. The number of rotatable bonds is 23. The highest BCUT2D eigenvalue weighted by Crippen LogP contribution is 2.36. The number of hydrogen-bond donors (Lipinski definition) is 1. The zero-order valence-corrected chi connectivity index (χ0v) is 20.8. The molecule has 0 amide bonds. The molecular formula is C27H59NO. The third-order valence-electron chi connectivity index (χ3n) is 6.86. The highest BCUT2D eigenvalue weighted by atomic mass is 16.0. The first-order valence-electron chi connectivity index (χ1n) is 13.4. The molecule has 0 bridgehead atoms. The summed E-state index contributed by atoms with van der Waals surface area (Å²) in [6.45, 7) is 7.84. The van der Waals surface area contributed by atoms with Crippen LogP contribution in [0.15, 0.2) is 0 Å². The summed E-state index contributed by atoms with van der Waals surface area (Å²) in [6, 6.07) is 0. The van der Waals surface area contributed by atoms with Gasteiger partial charge < -0.3 is 11.2 Å². The Labute approximate surface area is 185 Å². The Balaban J connectivity index is 0. The van der Waals surface area contributed by atoms with Crippen LogP contribution in [-0.2, 0) is 0 Å². The SMILES string of the molecule is CCCCCCCCCC(CN)(CCCCCCCC)CCCCCCCC.O. The summed E-state index contributed by atoms with van der Waals surface area (Å²) in [5.41, 5.74) is 6.87. The summed E-state index contributed by atoms with van der Waals surface area (Å²) in [5, 5.41) is 0. The molecule has 0 radical (unpaired) electrons. The summed E-state index contributed by atoms with van der Waals surface area (Å²) in [6.07, 6.45) is 31.0. The zero-order valence-electron chi connectivity index (χ0n) is 20.8. The number of unbranched alkanes of at least 4 members (excludes halogenated alkanes) is 16. The third-order valence-corrected chi connectivity index (χ3v) is 6.86. The molecule has 0 aromatic carbocycles. The minimum atomic E-state index is 0. The molecule has 178 valence electrons. The van der Waals surface area contributed by atoms with Crippen molar-refractivity contribution in [3.8, 4) is 0 Å². The maximum absolute atomic E-state index is 6.41. The van der Waals surface area contributed by atoms with Gasteiger partial charge in [-0.1, -0.05) is 143 Å². The van der Waals surface area contributed by atoms with Crippen molar-refractivity contribution in [3.63, 3.8) is 0 Å². The summed E-state index contributed by atoms with van der Waals surface area (Å²) in [7, 11) is 0. The van der Waals surface area contributed by atoms with E-state index >= 15 is 0 Å².